The molecule has 0 radical (unpaired) electrons. The number of hydrogen-bond donors (Lipinski definition) is 3. The van der Waals surface area contributed by atoms with Crippen molar-refractivity contribution in [3.05, 3.63) is 77.2 Å². The lowest BCUT2D eigenvalue weighted by Crippen LogP contribution is -2.45. The highest BCUT2D eigenvalue weighted by atomic mass is 35.5. The average molecular weight is 428 g/mol. The Balaban J connectivity index is 1.85. The zero-order chi connectivity index (χ0) is 20.4. The van der Waals surface area contributed by atoms with Crippen LogP contribution in [0.5, 0.6) is 0 Å². The summed E-state index contributed by atoms with van der Waals surface area (Å²) in [5, 5.41) is 15.2. The van der Waals surface area contributed by atoms with Gasteiger partial charge in [-0.1, -0.05) is 59.8 Å². The van der Waals surface area contributed by atoms with Crippen LogP contribution in [-0.4, -0.2) is 38.9 Å². The molecule has 9 heteroatoms. The van der Waals surface area contributed by atoms with Gasteiger partial charge in [-0.25, -0.2) is 9.98 Å². The van der Waals surface area contributed by atoms with Crippen LogP contribution in [-0.2, 0) is 5.72 Å². The molecule has 0 unspecified atom stereocenters. The number of imidazole rings is 1. The van der Waals surface area contributed by atoms with E-state index in [4.69, 9.17) is 11.6 Å². The number of aromatic nitrogens is 2. The van der Waals surface area contributed by atoms with Crippen molar-refractivity contribution in [1.82, 2.24) is 15.3 Å². The van der Waals surface area contributed by atoms with Crippen molar-refractivity contribution in [2.45, 2.75) is 5.72 Å². The molecule has 2 heterocycles. The van der Waals surface area contributed by atoms with Gasteiger partial charge in [0.25, 0.3) is 5.91 Å². The van der Waals surface area contributed by atoms with Crippen molar-refractivity contribution < 1.29 is 9.90 Å². The Bertz CT molecular complexity index is 1070. The summed E-state index contributed by atoms with van der Waals surface area (Å²) in [6, 6.07) is 16.6. The topological polar surface area (TPSA) is 93.6 Å². The quantitative estimate of drug-likeness (QED) is 0.592. The summed E-state index contributed by atoms with van der Waals surface area (Å²) in [5.74, 6) is 0.234. The summed E-state index contributed by atoms with van der Waals surface area (Å²) in [6.07, 6.45) is 1.41. The zero-order valence-corrected chi connectivity index (χ0v) is 17.0. The number of nitrogens with one attached hydrogen (secondary N) is 2. The van der Waals surface area contributed by atoms with E-state index >= 15 is 0 Å². The number of aliphatic imine (C=N–C) groups is 1. The number of benzene rings is 2. The van der Waals surface area contributed by atoms with E-state index in [1.54, 1.807) is 17.0 Å². The summed E-state index contributed by atoms with van der Waals surface area (Å²) in [4.78, 5) is 25.4. The van der Waals surface area contributed by atoms with Crippen molar-refractivity contribution in [3.8, 4) is 0 Å². The maximum Gasteiger partial charge on any atom is 0.271 e. The van der Waals surface area contributed by atoms with Crippen LogP contribution in [0, 0.1) is 0 Å². The van der Waals surface area contributed by atoms with Crippen LogP contribution in [0.4, 0.5) is 11.5 Å². The molecule has 1 fully saturated rings. The zero-order valence-electron chi connectivity index (χ0n) is 15.5. The van der Waals surface area contributed by atoms with Gasteiger partial charge in [-0.05, 0) is 18.2 Å². The Morgan fingerprint density at radius 3 is 2.72 bits per heavy atom. The van der Waals surface area contributed by atoms with Crippen molar-refractivity contribution in [2.75, 3.05) is 17.7 Å². The number of aliphatic hydroxyl groups is 1. The molecule has 4 rings (SSSR count). The number of amidine groups is 1. The van der Waals surface area contributed by atoms with Gasteiger partial charge in [0.05, 0.1) is 12.1 Å². The lowest BCUT2D eigenvalue weighted by atomic mass is 10.0. The molecule has 1 amide bonds. The molecule has 148 valence electrons. The Labute approximate surface area is 176 Å². The minimum atomic E-state index is -1.41. The van der Waals surface area contributed by atoms with Crippen LogP contribution in [0.1, 0.15) is 16.1 Å². The van der Waals surface area contributed by atoms with E-state index in [1.165, 1.54) is 25.1 Å². The average Bonchev–Trinajstić information content (AvgIpc) is 3.33. The lowest BCUT2D eigenvalue weighted by Gasteiger charge is -2.35. The third-order valence-electron chi connectivity index (χ3n) is 4.56. The van der Waals surface area contributed by atoms with Crippen molar-refractivity contribution in [3.63, 3.8) is 0 Å². The summed E-state index contributed by atoms with van der Waals surface area (Å²) >= 11 is 7.78. The van der Waals surface area contributed by atoms with Gasteiger partial charge in [-0.3, -0.25) is 9.69 Å². The van der Waals surface area contributed by atoms with Crippen molar-refractivity contribution in [1.29, 1.82) is 0 Å². The van der Waals surface area contributed by atoms with Crippen LogP contribution in [0.15, 0.2) is 65.9 Å². The third kappa shape index (κ3) is 3.50. The molecule has 0 bridgehead atoms. The monoisotopic (exact) mass is 427 g/mol. The summed E-state index contributed by atoms with van der Waals surface area (Å²) in [5.41, 5.74) is 0.168. The number of anilines is 1. The summed E-state index contributed by atoms with van der Waals surface area (Å²) < 4.78 is 0. The Morgan fingerprint density at radius 1 is 1.28 bits per heavy atom. The van der Waals surface area contributed by atoms with Crippen LogP contribution in [0.2, 0.25) is 5.02 Å². The molecule has 0 aliphatic carbocycles. The second-order valence-corrected chi connectivity index (χ2v) is 7.68. The largest absolute Gasteiger partial charge is 0.366 e. The first-order valence-corrected chi connectivity index (χ1v) is 10.2. The van der Waals surface area contributed by atoms with E-state index in [2.05, 4.69) is 20.3 Å². The second kappa shape index (κ2) is 7.90. The van der Waals surface area contributed by atoms with E-state index in [9.17, 15) is 9.90 Å². The van der Waals surface area contributed by atoms with Gasteiger partial charge in [0, 0.05) is 23.3 Å². The Hall–Kier alpha value is -2.81. The standard InChI is InChI=1S/C20H18ClN5O2S/c1-22-18(27)16-17(24-12-23-16)25-19-26(13-7-3-2-4-8-13)20(28,11-29-19)14-9-5-6-10-15(14)21/h2-10,12,28H,11H2,1H3,(H,22,27)(H,23,24)/t20-/m0/s1. The molecule has 1 aliphatic rings. The number of nitrogens with zero attached hydrogens (tertiary/aromatic N) is 3. The minimum Gasteiger partial charge on any atom is -0.366 e. The normalized spacial score (nSPS) is 20.2. The highest BCUT2D eigenvalue weighted by molar-refractivity contribution is 8.14. The fourth-order valence-electron chi connectivity index (χ4n) is 3.17. The fourth-order valence-corrected chi connectivity index (χ4v) is 4.61. The van der Waals surface area contributed by atoms with Crippen LogP contribution < -0.4 is 10.2 Å². The molecule has 3 aromatic rings. The highest BCUT2D eigenvalue weighted by Gasteiger charge is 2.47. The Kier molecular flexibility index (Phi) is 5.31. The van der Waals surface area contributed by atoms with Gasteiger partial charge in [0.1, 0.15) is 0 Å². The van der Waals surface area contributed by atoms with E-state index < -0.39 is 5.72 Å². The van der Waals surface area contributed by atoms with Gasteiger partial charge in [0.15, 0.2) is 22.4 Å². The molecular formula is C20H18ClN5O2S. The highest BCUT2D eigenvalue weighted by Crippen LogP contribution is 2.44. The molecule has 0 saturated carbocycles. The molecule has 1 atom stereocenters. The maximum absolute atomic E-state index is 12.1. The first kappa shape index (κ1) is 19.5. The summed E-state index contributed by atoms with van der Waals surface area (Å²) in [7, 11) is 1.54. The van der Waals surface area contributed by atoms with Gasteiger partial charge >= 0.3 is 0 Å². The molecule has 7 nitrogen and oxygen atoms in total. The number of thioether (sulfide) groups is 1. The first-order valence-electron chi connectivity index (χ1n) is 8.84. The van der Waals surface area contributed by atoms with Crippen LogP contribution >= 0.6 is 23.4 Å². The predicted octanol–water partition coefficient (Wildman–Crippen LogP) is 3.51. The number of carbonyl (C=O) groups is 1. The molecule has 3 N–H and O–H groups in total. The lowest BCUT2D eigenvalue weighted by molar-refractivity contribution is 0.0769. The second-order valence-electron chi connectivity index (χ2n) is 6.33. The van der Waals surface area contributed by atoms with Gasteiger partial charge in [-0.2, -0.15) is 0 Å². The Morgan fingerprint density at radius 2 is 2.00 bits per heavy atom. The maximum atomic E-state index is 12.1. The van der Waals surface area contributed by atoms with Gasteiger partial charge < -0.3 is 15.4 Å². The smallest absolute Gasteiger partial charge is 0.271 e. The van der Waals surface area contributed by atoms with E-state index in [0.29, 0.717) is 21.5 Å². The van der Waals surface area contributed by atoms with E-state index in [1.807, 2.05) is 42.5 Å². The van der Waals surface area contributed by atoms with Crippen LogP contribution in [0.3, 0.4) is 0 Å². The number of halogens is 1. The summed E-state index contributed by atoms with van der Waals surface area (Å²) in [6.45, 7) is 0. The molecule has 1 aliphatic heterocycles. The molecule has 1 aromatic heterocycles. The van der Waals surface area contributed by atoms with Crippen LogP contribution in [0.25, 0.3) is 0 Å². The molecule has 0 spiro atoms. The first-order chi connectivity index (χ1) is 14.0. The fraction of sp³-hybridized carbons (Fsp3) is 0.150. The predicted molar refractivity (Wildman–Crippen MR) is 116 cm³/mol. The SMILES string of the molecule is CNC(=O)c1[nH]cnc1N=C1SC[C@](O)(c2ccccc2Cl)N1c1ccccc1. The number of amides is 1. The number of aromatic amines is 1. The number of rotatable bonds is 4. The number of H-pyrrole nitrogens is 1. The van der Waals surface area contributed by atoms with E-state index in [0.717, 1.165) is 5.69 Å². The van der Waals surface area contributed by atoms with Crippen molar-refractivity contribution in [2.24, 2.45) is 4.99 Å². The minimum absolute atomic E-state index is 0.246. The molecule has 29 heavy (non-hydrogen) atoms. The molecule has 2 aromatic carbocycles. The van der Waals surface area contributed by atoms with E-state index in [-0.39, 0.29) is 17.4 Å². The number of carbonyl (C=O) groups excluding carboxylic acids is 1. The van der Waals surface area contributed by atoms with Crippen molar-refractivity contribution >= 4 is 45.9 Å². The van der Waals surface area contributed by atoms with Gasteiger partial charge in [0.2, 0.25) is 0 Å². The van der Waals surface area contributed by atoms with Gasteiger partial charge in [-0.15, -0.1) is 0 Å². The number of para-hydroxylation sites is 1. The molecule has 1 saturated heterocycles. The third-order valence-corrected chi connectivity index (χ3v) is 5.97. The number of hydrogen-bond acceptors (Lipinski definition) is 5. The molecular weight excluding hydrogens is 410 g/mol.